The van der Waals surface area contributed by atoms with E-state index in [0.29, 0.717) is 24.5 Å². The Labute approximate surface area is 110 Å². The largest absolute Gasteiger partial charge is 0.338 e. The van der Waals surface area contributed by atoms with Gasteiger partial charge in [0.2, 0.25) is 5.91 Å². The fourth-order valence-corrected chi connectivity index (χ4v) is 4.23. The zero-order valence-corrected chi connectivity index (χ0v) is 11.4. The van der Waals surface area contributed by atoms with Gasteiger partial charge in [-0.05, 0) is 44.4 Å². The molecule has 0 aromatic rings. The first-order chi connectivity index (χ1) is 8.84. The van der Waals surface area contributed by atoms with E-state index in [-0.39, 0.29) is 0 Å². The summed E-state index contributed by atoms with van der Waals surface area (Å²) in [6.45, 7) is 1.58. The molecule has 1 saturated heterocycles. The van der Waals surface area contributed by atoms with Gasteiger partial charge >= 0.3 is 0 Å². The molecule has 2 unspecified atom stereocenters. The molecule has 2 aliphatic carbocycles. The molecule has 18 heavy (non-hydrogen) atoms. The number of hydrogen-bond donors (Lipinski definition) is 1. The van der Waals surface area contributed by atoms with Gasteiger partial charge in [0.1, 0.15) is 0 Å². The average molecular weight is 250 g/mol. The Morgan fingerprint density at radius 2 is 1.78 bits per heavy atom. The normalized spacial score (nSPS) is 32.8. The third-order valence-corrected chi connectivity index (χ3v) is 5.21. The highest BCUT2D eigenvalue weighted by atomic mass is 16.2. The van der Waals surface area contributed by atoms with Gasteiger partial charge in [0.05, 0.1) is 6.54 Å². The van der Waals surface area contributed by atoms with Crippen LogP contribution in [0.1, 0.15) is 57.8 Å². The molecule has 0 aromatic heterocycles. The summed E-state index contributed by atoms with van der Waals surface area (Å²) in [7, 11) is 0. The Morgan fingerprint density at radius 3 is 2.61 bits per heavy atom. The van der Waals surface area contributed by atoms with Gasteiger partial charge in [-0.3, -0.25) is 4.79 Å². The van der Waals surface area contributed by atoms with Crippen LogP contribution in [0, 0.1) is 5.92 Å². The first-order valence-electron chi connectivity index (χ1n) is 7.87. The van der Waals surface area contributed by atoms with Crippen LogP contribution in [0.15, 0.2) is 0 Å². The summed E-state index contributed by atoms with van der Waals surface area (Å²) in [5, 5.41) is 3.47. The number of nitrogens with zero attached hydrogens (tertiary/aromatic N) is 1. The lowest BCUT2D eigenvalue weighted by atomic mass is 9.92. The molecular formula is C15H26N2O. The van der Waals surface area contributed by atoms with Gasteiger partial charge in [-0.15, -0.1) is 0 Å². The molecule has 0 radical (unpaired) electrons. The lowest BCUT2D eigenvalue weighted by molar-refractivity contribution is -0.135. The van der Waals surface area contributed by atoms with E-state index in [1.165, 1.54) is 57.8 Å². The molecule has 3 aliphatic rings. The quantitative estimate of drug-likeness (QED) is 0.833. The minimum absolute atomic E-state index is 0.360. The molecule has 3 nitrogen and oxygen atoms in total. The Hall–Kier alpha value is -0.570. The number of likely N-dealkylation sites (tertiary alicyclic amines) is 1. The lowest BCUT2D eigenvalue weighted by Gasteiger charge is -2.38. The number of carbonyl (C=O) groups is 1. The first-order valence-corrected chi connectivity index (χ1v) is 7.87. The van der Waals surface area contributed by atoms with E-state index in [2.05, 4.69) is 10.2 Å². The van der Waals surface area contributed by atoms with Gasteiger partial charge in [-0.25, -0.2) is 0 Å². The predicted molar refractivity (Wildman–Crippen MR) is 72.3 cm³/mol. The van der Waals surface area contributed by atoms with Gasteiger partial charge < -0.3 is 10.2 Å². The average Bonchev–Trinajstić information content (AvgIpc) is 3.05. The lowest BCUT2D eigenvalue weighted by Crippen LogP contribution is -2.50. The van der Waals surface area contributed by atoms with Gasteiger partial charge in [-0.2, -0.15) is 0 Å². The number of amides is 1. The van der Waals surface area contributed by atoms with E-state index in [0.717, 1.165) is 12.5 Å². The molecule has 0 bridgehead atoms. The summed E-state index contributed by atoms with van der Waals surface area (Å²) in [5.41, 5.74) is 0. The Kier molecular flexibility index (Phi) is 3.88. The van der Waals surface area contributed by atoms with Crippen molar-refractivity contribution in [3.05, 3.63) is 0 Å². The third-order valence-electron chi connectivity index (χ3n) is 5.21. The summed E-state index contributed by atoms with van der Waals surface area (Å²) in [5.74, 6) is 1.17. The van der Waals surface area contributed by atoms with Gasteiger partial charge in [0.15, 0.2) is 0 Å². The van der Waals surface area contributed by atoms with E-state index in [4.69, 9.17) is 0 Å². The standard InChI is InChI=1S/C15H26N2O/c18-15(11-16-13-7-1-2-8-13)17-10-4-6-12-5-3-9-14(12)17/h12-14,16H,1-11H2. The molecule has 3 rings (SSSR count). The summed E-state index contributed by atoms with van der Waals surface area (Å²) >= 11 is 0. The fraction of sp³-hybridized carbons (Fsp3) is 0.933. The van der Waals surface area contributed by atoms with E-state index >= 15 is 0 Å². The SMILES string of the molecule is O=C(CNC1CCCC1)N1CCCC2CCCC21. The van der Waals surface area contributed by atoms with Crippen molar-refractivity contribution >= 4 is 5.91 Å². The predicted octanol–water partition coefficient (Wildman–Crippen LogP) is 2.31. The maximum Gasteiger partial charge on any atom is 0.236 e. The van der Waals surface area contributed by atoms with Crippen molar-refractivity contribution in [3.8, 4) is 0 Å². The Morgan fingerprint density at radius 1 is 1.00 bits per heavy atom. The molecule has 0 spiro atoms. The van der Waals surface area contributed by atoms with Crippen molar-refractivity contribution in [2.24, 2.45) is 5.92 Å². The van der Waals surface area contributed by atoms with Crippen LogP contribution in [0.5, 0.6) is 0 Å². The van der Waals surface area contributed by atoms with E-state index in [1.807, 2.05) is 0 Å². The molecule has 3 fully saturated rings. The van der Waals surface area contributed by atoms with Crippen molar-refractivity contribution in [2.45, 2.75) is 69.9 Å². The fourth-order valence-electron chi connectivity index (χ4n) is 4.23. The molecule has 2 atom stereocenters. The minimum Gasteiger partial charge on any atom is -0.338 e. The number of carbonyl (C=O) groups excluding carboxylic acids is 1. The molecule has 2 saturated carbocycles. The second-order valence-electron chi connectivity index (χ2n) is 6.35. The van der Waals surface area contributed by atoms with Crippen LogP contribution >= 0.6 is 0 Å². The Balaban J connectivity index is 1.51. The van der Waals surface area contributed by atoms with Crippen LogP contribution in [-0.4, -0.2) is 36.0 Å². The summed E-state index contributed by atoms with van der Waals surface area (Å²) in [4.78, 5) is 14.6. The molecule has 1 heterocycles. The van der Waals surface area contributed by atoms with Gasteiger partial charge in [0, 0.05) is 18.6 Å². The summed E-state index contributed by atoms with van der Waals surface area (Å²) in [6, 6.07) is 1.19. The molecular weight excluding hydrogens is 224 g/mol. The van der Waals surface area contributed by atoms with E-state index in [9.17, 15) is 4.79 Å². The van der Waals surface area contributed by atoms with Crippen molar-refractivity contribution < 1.29 is 4.79 Å². The van der Waals surface area contributed by atoms with Gasteiger partial charge in [-0.1, -0.05) is 19.3 Å². The zero-order chi connectivity index (χ0) is 12.4. The van der Waals surface area contributed by atoms with Crippen molar-refractivity contribution in [1.82, 2.24) is 10.2 Å². The number of nitrogens with one attached hydrogen (secondary N) is 1. The monoisotopic (exact) mass is 250 g/mol. The number of hydrogen-bond acceptors (Lipinski definition) is 2. The topological polar surface area (TPSA) is 32.3 Å². The minimum atomic E-state index is 0.360. The highest BCUT2D eigenvalue weighted by Gasteiger charge is 2.37. The number of fused-ring (bicyclic) bond motifs is 1. The van der Waals surface area contributed by atoms with Crippen LogP contribution in [0.2, 0.25) is 0 Å². The van der Waals surface area contributed by atoms with Crippen molar-refractivity contribution in [1.29, 1.82) is 0 Å². The number of rotatable bonds is 3. The molecule has 0 aromatic carbocycles. The molecule has 1 N–H and O–H groups in total. The summed E-state index contributed by atoms with van der Waals surface area (Å²) in [6.07, 6.45) is 11.7. The maximum atomic E-state index is 12.4. The molecule has 102 valence electrons. The van der Waals surface area contributed by atoms with Crippen LogP contribution in [0.25, 0.3) is 0 Å². The number of piperidine rings is 1. The van der Waals surface area contributed by atoms with Crippen LogP contribution in [0.4, 0.5) is 0 Å². The molecule has 1 aliphatic heterocycles. The second kappa shape index (κ2) is 5.60. The van der Waals surface area contributed by atoms with Crippen LogP contribution in [0.3, 0.4) is 0 Å². The van der Waals surface area contributed by atoms with Gasteiger partial charge in [0.25, 0.3) is 0 Å². The highest BCUT2D eigenvalue weighted by molar-refractivity contribution is 5.78. The second-order valence-corrected chi connectivity index (χ2v) is 6.35. The molecule has 3 heteroatoms. The highest BCUT2D eigenvalue weighted by Crippen LogP contribution is 2.36. The Bertz CT molecular complexity index is 299. The van der Waals surface area contributed by atoms with Crippen LogP contribution < -0.4 is 5.32 Å². The first kappa shape index (κ1) is 12.5. The van der Waals surface area contributed by atoms with Crippen LogP contribution in [-0.2, 0) is 4.79 Å². The van der Waals surface area contributed by atoms with Crippen molar-refractivity contribution in [2.75, 3.05) is 13.1 Å². The van der Waals surface area contributed by atoms with E-state index in [1.54, 1.807) is 0 Å². The maximum absolute atomic E-state index is 12.4. The third kappa shape index (κ3) is 2.56. The zero-order valence-electron chi connectivity index (χ0n) is 11.4. The smallest absolute Gasteiger partial charge is 0.236 e. The summed E-state index contributed by atoms with van der Waals surface area (Å²) < 4.78 is 0. The molecule has 1 amide bonds. The van der Waals surface area contributed by atoms with E-state index < -0.39 is 0 Å². The van der Waals surface area contributed by atoms with Crippen molar-refractivity contribution in [3.63, 3.8) is 0 Å².